The molecule has 2 aliphatic heterocycles. The highest BCUT2D eigenvalue weighted by Gasteiger charge is 2.47. The normalized spacial score (nSPS) is 27.4. The number of fused-ring (bicyclic) bond motifs is 2. The maximum atomic E-state index is 10.3. The summed E-state index contributed by atoms with van der Waals surface area (Å²) in [7, 11) is 0. The molecule has 3 heteroatoms. The topological polar surface area (TPSA) is 35.5 Å². The van der Waals surface area contributed by atoms with Crippen molar-refractivity contribution in [2.45, 2.75) is 115 Å². The smallest absolute Gasteiger partial charge is 0.0873 e. The van der Waals surface area contributed by atoms with Crippen LogP contribution in [-0.4, -0.2) is 47.3 Å². The Balaban J connectivity index is 1.74. The van der Waals surface area contributed by atoms with Crippen LogP contribution in [0, 0.1) is 0 Å². The lowest BCUT2D eigenvalue weighted by Crippen LogP contribution is -2.48. The van der Waals surface area contributed by atoms with Gasteiger partial charge in [-0.15, -0.1) is 0 Å². The maximum absolute atomic E-state index is 10.3. The van der Waals surface area contributed by atoms with Gasteiger partial charge in [0.2, 0.25) is 0 Å². The Morgan fingerprint density at radius 2 is 1.48 bits per heavy atom. The molecular formula is C20H40N2O. The number of likely N-dealkylation sites (tertiary alicyclic amines) is 1. The van der Waals surface area contributed by atoms with Crippen molar-refractivity contribution in [3.63, 3.8) is 0 Å². The second-order valence-corrected chi connectivity index (χ2v) is 7.83. The molecule has 0 aromatic carbocycles. The summed E-state index contributed by atoms with van der Waals surface area (Å²) in [4.78, 5) is 2.66. The lowest BCUT2D eigenvalue weighted by molar-refractivity contribution is 0.0978. The van der Waals surface area contributed by atoms with E-state index in [1.54, 1.807) is 0 Å². The van der Waals surface area contributed by atoms with Gasteiger partial charge in [-0.1, -0.05) is 78.1 Å². The summed E-state index contributed by atoms with van der Waals surface area (Å²) < 4.78 is 0. The van der Waals surface area contributed by atoms with Crippen LogP contribution in [0.3, 0.4) is 0 Å². The quantitative estimate of drug-likeness (QED) is 0.501. The SMILES string of the molecule is CCCCCCCC(CCCCCCC)N1CC2NCC1C2O. The molecule has 2 heterocycles. The van der Waals surface area contributed by atoms with Crippen molar-refractivity contribution in [1.29, 1.82) is 0 Å². The fourth-order valence-corrected chi connectivity index (χ4v) is 4.49. The molecule has 0 aliphatic carbocycles. The van der Waals surface area contributed by atoms with Crippen molar-refractivity contribution in [2.24, 2.45) is 0 Å². The fraction of sp³-hybridized carbons (Fsp3) is 1.00. The van der Waals surface area contributed by atoms with Crippen molar-refractivity contribution in [1.82, 2.24) is 10.2 Å². The number of aliphatic hydroxyl groups excluding tert-OH is 1. The number of hydrogen-bond donors (Lipinski definition) is 2. The number of aliphatic hydroxyl groups is 1. The molecule has 0 radical (unpaired) electrons. The molecule has 2 fully saturated rings. The molecular weight excluding hydrogens is 284 g/mol. The maximum Gasteiger partial charge on any atom is 0.0873 e. The average Bonchev–Trinajstić information content (AvgIpc) is 3.07. The Hall–Kier alpha value is -0.120. The molecule has 136 valence electrons. The molecule has 0 spiro atoms. The largest absolute Gasteiger partial charge is 0.390 e. The van der Waals surface area contributed by atoms with Gasteiger partial charge in [0.25, 0.3) is 0 Å². The van der Waals surface area contributed by atoms with Crippen molar-refractivity contribution in [3.05, 3.63) is 0 Å². The minimum Gasteiger partial charge on any atom is -0.390 e. The first-order chi connectivity index (χ1) is 11.3. The van der Waals surface area contributed by atoms with Crippen LogP contribution < -0.4 is 5.32 Å². The zero-order valence-electron chi connectivity index (χ0n) is 15.6. The Morgan fingerprint density at radius 1 is 0.913 bits per heavy atom. The second-order valence-electron chi connectivity index (χ2n) is 7.83. The van der Waals surface area contributed by atoms with Crippen LogP contribution in [0.5, 0.6) is 0 Å². The average molecular weight is 325 g/mol. The Labute approximate surface area is 144 Å². The third kappa shape index (κ3) is 5.72. The second kappa shape index (κ2) is 10.7. The minimum absolute atomic E-state index is 0.127. The molecule has 0 aromatic rings. The summed E-state index contributed by atoms with van der Waals surface area (Å²) in [5.74, 6) is 0. The third-order valence-electron chi connectivity index (χ3n) is 5.98. The van der Waals surface area contributed by atoms with Crippen molar-refractivity contribution < 1.29 is 5.11 Å². The van der Waals surface area contributed by atoms with E-state index in [2.05, 4.69) is 24.1 Å². The van der Waals surface area contributed by atoms with E-state index in [-0.39, 0.29) is 6.10 Å². The highest BCUT2D eigenvalue weighted by atomic mass is 16.3. The fourth-order valence-electron chi connectivity index (χ4n) is 4.49. The van der Waals surface area contributed by atoms with Crippen LogP contribution >= 0.6 is 0 Å². The van der Waals surface area contributed by atoms with E-state index in [1.807, 2.05) is 0 Å². The molecule has 2 rings (SSSR count). The van der Waals surface area contributed by atoms with Crippen molar-refractivity contribution in [3.8, 4) is 0 Å². The standard InChI is InChI=1S/C20H40N2O/c1-3-5-7-9-11-13-17(14-12-10-8-6-4-2)22-16-18-20(23)19(22)15-21-18/h17-21,23H,3-16H2,1-2H3. The summed E-state index contributed by atoms with van der Waals surface area (Å²) in [6, 6.07) is 1.43. The van der Waals surface area contributed by atoms with Crippen LogP contribution in [0.4, 0.5) is 0 Å². The monoisotopic (exact) mass is 324 g/mol. The lowest BCUT2D eigenvalue weighted by Gasteiger charge is -2.35. The van der Waals surface area contributed by atoms with E-state index >= 15 is 0 Å². The number of nitrogens with zero attached hydrogens (tertiary/aromatic N) is 1. The van der Waals surface area contributed by atoms with Gasteiger partial charge in [0.15, 0.2) is 0 Å². The van der Waals surface area contributed by atoms with Gasteiger partial charge < -0.3 is 10.4 Å². The molecule has 0 amide bonds. The predicted octanol–water partition coefficient (Wildman–Crippen LogP) is 4.09. The highest BCUT2D eigenvalue weighted by molar-refractivity contribution is 5.06. The van der Waals surface area contributed by atoms with Gasteiger partial charge in [0.1, 0.15) is 0 Å². The summed E-state index contributed by atoms with van der Waals surface area (Å²) >= 11 is 0. The van der Waals surface area contributed by atoms with Crippen LogP contribution in [0.2, 0.25) is 0 Å². The van der Waals surface area contributed by atoms with Gasteiger partial charge in [0, 0.05) is 31.2 Å². The Morgan fingerprint density at radius 3 is 1.91 bits per heavy atom. The Kier molecular flexibility index (Phi) is 8.92. The first-order valence-corrected chi connectivity index (χ1v) is 10.4. The summed E-state index contributed by atoms with van der Waals surface area (Å²) in [5.41, 5.74) is 0. The van der Waals surface area contributed by atoms with Gasteiger partial charge in [-0.2, -0.15) is 0 Å². The van der Waals surface area contributed by atoms with Crippen LogP contribution in [-0.2, 0) is 0 Å². The van der Waals surface area contributed by atoms with Gasteiger partial charge in [-0.3, -0.25) is 4.90 Å². The van der Waals surface area contributed by atoms with Crippen LogP contribution in [0.15, 0.2) is 0 Å². The summed E-state index contributed by atoms with van der Waals surface area (Å²) in [6.07, 6.45) is 16.3. The van der Waals surface area contributed by atoms with Gasteiger partial charge >= 0.3 is 0 Å². The van der Waals surface area contributed by atoms with E-state index in [0.717, 1.165) is 13.1 Å². The molecule has 23 heavy (non-hydrogen) atoms. The molecule has 3 atom stereocenters. The predicted molar refractivity (Wildman–Crippen MR) is 98.8 cm³/mol. The summed E-state index contributed by atoms with van der Waals surface area (Å²) in [6.45, 7) is 6.64. The molecule has 2 aliphatic rings. The number of hydrogen-bond acceptors (Lipinski definition) is 3. The molecule has 2 N–H and O–H groups in total. The molecule has 2 saturated heterocycles. The molecule has 3 nitrogen and oxygen atoms in total. The van der Waals surface area contributed by atoms with E-state index < -0.39 is 0 Å². The first-order valence-electron chi connectivity index (χ1n) is 10.4. The van der Waals surface area contributed by atoms with Crippen LogP contribution in [0.1, 0.15) is 90.9 Å². The zero-order chi connectivity index (χ0) is 16.5. The number of unbranched alkanes of at least 4 members (excludes halogenated alkanes) is 8. The van der Waals surface area contributed by atoms with E-state index in [1.165, 1.54) is 77.0 Å². The summed E-state index contributed by atoms with van der Waals surface area (Å²) in [5, 5.41) is 13.8. The van der Waals surface area contributed by atoms with Crippen molar-refractivity contribution in [2.75, 3.05) is 13.1 Å². The van der Waals surface area contributed by atoms with E-state index in [4.69, 9.17) is 0 Å². The third-order valence-corrected chi connectivity index (χ3v) is 5.98. The molecule has 2 bridgehead atoms. The molecule has 3 unspecified atom stereocenters. The number of nitrogens with one attached hydrogen (secondary N) is 1. The van der Waals surface area contributed by atoms with E-state index in [9.17, 15) is 5.11 Å². The van der Waals surface area contributed by atoms with Crippen molar-refractivity contribution >= 4 is 0 Å². The molecule has 0 aromatic heterocycles. The zero-order valence-corrected chi connectivity index (χ0v) is 15.6. The Bertz CT molecular complexity index is 296. The first kappa shape index (κ1) is 19.2. The van der Waals surface area contributed by atoms with Gasteiger partial charge in [0.05, 0.1) is 6.10 Å². The lowest BCUT2D eigenvalue weighted by atomic mass is 9.98. The highest BCUT2D eigenvalue weighted by Crippen LogP contribution is 2.30. The van der Waals surface area contributed by atoms with E-state index in [0.29, 0.717) is 18.1 Å². The molecule has 0 saturated carbocycles. The minimum atomic E-state index is -0.127. The van der Waals surface area contributed by atoms with Crippen LogP contribution in [0.25, 0.3) is 0 Å². The van der Waals surface area contributed by atoms with Gasteiger partial charge in [-0.05, 0) is 12.8 Å². The van der Waals surface area contributed by atoms with Gasteiger partial charge in [-0.25, -0.2) is 0 Å². The number of rotatable bonds is 13. The number of piperazine rings is 1.